The molecule has 4 heteroatoms. The van der Waals surface area contributed by atoms with E-state index in [1.807, 2.05) is 13.8 Å². The van der Waals surface area contributed by atoms with Gasteiger partial charge in [0.25, 0.3) is 5.56 Å². The number of aromatic nitrogens is 2. The third-order valence-corrected chi connectivity index (χ3v) is 2.47. The van der Waals surface area contributed by atoms with Gasteiger partial charge in [0, 0.05) is 5.92 Å². The van der Waals surface area contributed by atoms with Crippen LogP contribution in [0.3, 0.4) is 0 Å². The molecule has 0 aromatic carbocycles. The Bertz CT molecular complexity index is 512. The van der Waals surface area contributed by atoms with Crippen LogP contribution in [0.15, 0.2) is 10.9 Å². The zero-order valence-corrected chi connectivity index (χ0v) is 9.22. The Hall–Kier alpha value is -1.44. The Morgan fingerprint density at radius 3 is 2.93 bits per heavy atom. The maximum atomic E-state index is 11.6. The predicted molar refractivity (Wildman–Crippen MR) is 60.5 cm³/mol. The molecule has 0 saturated carbocycles. The van der Waals surface area contributed by atoms with Crippen LogP contribution in [0.5, 0.6) is 0 Å². The molecule has 0 aliphatic heterocycles. The van der Waals surface area contributed by atoms with Gasteiger partial charge >= 0.3 is 0 Å². The molecule has 0 radical (unpaired) electrons. The summed E-state index contributed by atoms with van der Waals surface area (Å²) in [6.07, 6.45) is 6.24. The first kappa shape index (κ1) is 10.1. The zero-order chi connectivity index (χ0) is 11.0. The summed E-state index contributed by atoms with van der Waals surface area (Å²) in [5, 5.41) is 0.436. The SMILES string of the molecule is CC(C)c1nc2c([nH]c1=O)C=C[C+]=C2Cl. The Balaban J connectivity index is 2.68. The van der Waals surface area contributed by atoms with E-state index in [9.17, 15) is 4.79 Å². The molecule has 1 aromatic rings. The van der Waals surface area contributed by atoms with Crippen molar-refractivity contribution in [1.82, 2.24) is 9.97 Å². The van der Waals surface area contributed by atoms with E-state index in [1.54, 1.807) is 12.2 Å². The molecule has 1 aliphatic carbocycles. The Morgan fingerprint density at radius 2 is 2.27 bits per heavy atom. The maximum absolute atomic E-state index is 11.6. The van der Waals surface area contributed by atoms with Gasteiger partial charge < -0.3 is 0 Å². The van der Waals surface area contributed by atoms with Crippen LogP contribution in [-0.4, -0.2) is 9.97 Å². The van der Waals surface area contributed by atoms with Gasteiger partial charge in [-0.3, -0.25) is 9.78 Å². The molecule has 2 rings (SSSR count). The van der Waals surface area contributed by atoms with Crippen LogP contribution in [0.1, 0.15) is 36.8 Å². The average molecular weight is 222 g/mol. The largest absolute Gasteiger partial charge is 0.297 e. The minimum atomic E-state index is -0.153. The standard InChI is InChI=1S/C11H9ClN2O/c1-6(2)9-11(15)13-8-5-3-4-7(12)10(8)14-9/h3,5-6H,1-2H3/p+1. The molecule has 1 heterocycles. The minimum Gasteiger partial charge on any atom is -0.297 e. The molecule has 1 aliphatic rings. The van der Waals surface area contributed by atoms with E-state index >= 15 is 0 Å². The summed E-state index contributed by atoms with van der Waals surface area (Å²) in [6.45, 7) is 3.84. The van der Waals surface area contributed by atoms with Crippen LogP contribution < -0.4 is 5.56 Å². The molecule has 3 nitrogen and oxygen atoms in total. The van der Waals surface area contributed by atoms with Crippen molar-refractivity contribution in [3.8, 4) is 0 Å². The van der Waals surface area contributed by atoms with E-state index in [2.05, 4.69) is 16.0 Å². The van der Waals surface area contributed by atoms with Crippen molar-refractivity contribution >= 4 is 22.7 Å². The van der Waals surface area contributed by atoms with Crippen molar-refractivity contribution in [2.24, 2.45) is 0 Å². The molecule has 1 aromatic heterocycles. The van der Waals surface area contributed by atoms with Gasteiger partial charge in [-0.15, -0.1) is 0 Å². The van der Waals surface area contributed by atoms with Crippen LogP contribution >= 0.6 is 11.6 Å². The quantitative estimate of drug-likeness (QED) is 0.740. The molecule has 0 atom stereocenters. The Kier molecular flexibility index (Phi) is 2.43. The van der Waals surface area contributed by atoms with Crippen molar-refractivity contribution in [2.75, 3.05) is 0 Å². The summed E-state index contributed by atoms with van der Waals surface area (Å²) >= 11 is 5.95. The minimum absolute atomic E-state index is 0.0782. The van der Waals surface area contributed by atoms with Gasteiger partial charge in [0.2, 0.25) is 10.7 Å². The third kappa shape index (κ3) is 1.72. The predicted octanol–water partition coefficient (Wildman–Crippen LogP) is 2.30. The number of hydrogen-bond donors (Lipinski definition) is 1. The van der Waals surface area contributed by atoms with Gasteiger partial charge in [0.05, 0.1) is 12.2 Å². The maximum Gasteiger partial charge on any atom is 0.273 e. The van der Waals surface area contributed by atoms with Gasteiger partial charge in [0.15, 0.2) is 5.69 Å². The highest BCUT2D eigenvalue weighted by atomic mass is 35.5. The van der Waals surface area contributed by atoms with E-state index in [0.29, 0.717) is 22.1 Å². The molecule has 0 amide bonds. The van der Waals surface area contributed by atoms with Gasteiger partial charge in [-0.25, -0.2) is 0 Å². The third-order valence-electron chi connectivity index (χ3n) is 2.18. The highest BCUT2D eigenvalue weighted by Crippen LogP contribution is 2.24. The molecule has 0 spiro atoms. The number of nitrogens with one attached hydrogen (secondary N) is 1. The van der Waals surface area contributed by atoms with Gasteiger partial charge in [0.1, 0.15) is 11.8 Å². The van der Waals surface area contributed by atoms with Crippen molar-refractivity contribution in [2.45, 2.75) is 19.8 Å². The molecule has 0 saturated heterocycles. The Labute approximate surface area is 92.5 Å². The number of allylic oxidation sites excluding steroid dienone is 2. The molecular formula is C11H10ClN2O+. The first-order valence-corrected chi connectivity index (χ1v) is 5.07. The normalized spacial score (nSPS) is 13.5. The van der Waals surface area contributed by atoms with Crippen molar-refractivity contribution in [1.29, 1.82) is 0 Å². The lowest BCUT2D eigenvalue weighted by molar-refractivity contribution is 0.791. The van der Waals surface area contributed by atoms with Gasteiger partial charge in [-0.05, 0) is 11.6 Å². The van der Waals surface area contributed by atoms with Crippen molar-refractivity contribution in [3.63, 3.8) is 0 Å². The number of rotatable bonds is 1. The molecule has 0 fully saturated rings. The summed E-state index contributed by atoms with van der Waals surface area (Å²) in [7, 11) is 0. The summed E-state index contributed by atoms with van der Waals surface area (Å²) in [6, 6.07) is 0. The fraction of sp³-hybridized carbons (Fsp3) is 0.273. The summed E-state index contributed by atoms with van der Waals surface area (Å²) in [4.78, 5) is 18.6. The second-order valence-corrected chi connectivity index (χ2v) is 4.04. The van der Waals surface area contributed by atoms with Crippen molar-refractivity contribution < 1.29 is 0 Å². The van der Waals surface area contributed by atoms with Crippen molar-refractivity contribution in [3.05, 3.63) is 39.6 Å². The smallest absolute Gasteiger partial charge is 0.273 e. The fourth-order valence-electron chi connectivity index (χ4n) is 1.42. The van der Waals surface area contributed by atoms with Crippen LogP contribution in [-0.2, 0) is 0 Å². The summed E-state index contributed by atoms with van der Waals surface area (Å²) < 4.78 is 0. The number of nitrogens with zero attached hydrogens (tertiary/aromatic N) is 1. The van der Waals surface area contributed by atoms with Gasteiger partial charge in [-0.1, -0.05) is 13.8 Å². The number of aromatic amines is 1. The van der Waals surface area contributed by atoms with Crippen LogP contribution in [0.4, 0.5) is 0 Å². The zero-order valence-electron chi connectivity index (χ0n) is 8.47. The lowest BCUT2D eigenvalue weighted by atomic mass is 10.1. The first-order valence-electron chi connectivity index (χ1n) is 4.69. The number of halogens is 1. The lowest BCUT2D eigenvalue weighted by Crippen LogP contribution is -2.19. The Morgan fingerprint density at radius 1 is 1.53 bits per heavy atom. The first-order chi connectivity index (χ1) is 7.09. The molecule has 0 unspecified atom stereocenters. The highest BCUT2D eigenvalue weighted by Gasteiger charge is 2.23. The molecule has 1 N–H and O–H groups in total. The number of fused-ring (bicyclic) bond motifs is 1. The lowest BCUT2D eigenvalue weighted by Gasteiger charge is -2.04. The molecule has 0 bridgehead atoms. The summed E-state index contributed by atoms with van der Waals surface area (Å²) in [5.74, 6) is 0.0782. The van der Waals surface area contributed by atoms with E-state index in [0.717, 1.165) is 0 Å². The molecular weight excluding hydrogens is 212 g/mol. The van der Waals surface area contributed by atoms with Crippen LogP contribution in [0.25, 0.3) is 11.1 Å². The van der Waals surface area contributed by atoms with E-state index in [4.69, 9.17) is 11.6 Å². The van der Waals surface area contributed by atoms with E-state index in [1.165, 1.54) is 0 Å². The summed E-state index contributed by atoms with van der Waals surface area (Å²) in [5.41, 5.74) is 1.60. The molecule has 15 heavy (non-hydrogen) atoms. The monoisotopic (exact) mass is 221 g/mol. The van der Waals surface area contributed by atoms with E-state index in [-0.39, 0.29) is 11.5 Å². The highest BCUT2D eigenvalue weighted by molar-refractivity contribution is 6.48. The second kappa shape index (κ2) is 3.61. The van der Waals surface area contributed by atoms with Gasteiger partial charge in [-0.2, -0.15) is 4.98 Å². The van der Waals surface area contributed by atoms with Crippen LogP contribution in [0.2, 0.25) is 0 Å². The number of hydrogen-bond acceptors (Lipinski definition) is 2. The van der Waals surface area contributed by atoms with Crippen LogP contribution in [0, 0.1) is 6.08 Å². The number of H-pyrrole nitrogens is 1. The fourth-order valence-corrected chi connectivity index (χ4v) is 1.63. The topological polar surface area (TPSA) is 45.8 Å². The molecule has 76 valence electrons. The van der Waals surface area contributed by atoms with E-state index < -0.39 is 0 Å². The average Bonchev–Trinajstić information content (AvgIpc) is 2.16. The second-order valence-electron chi connectivity index (χ2n) is 3.66.